The fraction of sp³-hybridized carbons (Fsp3) is 0.211. The largest absolute Gasteiger partial charge is 0.354 e. The van der Waals surface area contributed by atoms with Crippen molar-refractivity contribution in [3.05, 3.63) is 69.6 Å². The minimum atomic E-state index is -0.253. The van der Waals surface area contributed by atoms with Gasteiger partial charge in [0.1, 0.15) is 17.9 Å². The number of thiophene rings is 1. The van der Waals surface area contributed by atoms with Crippen molar-refractivity contribution in [3.63, 3.8) is 0 Å². The third kappa shape index (κ3) is 3.01. The van der Waals surface area contributed by atoms with Gasteiger partial charge in [0.25, 0.3) is 5.56 Å². The van der Waals surface area contributed by atoms with E-state index in [4.69, 9.17) is 0 Å². The maximum absolute atomic E-state index is 12.7. The first-order valence-electron chi connectivity index (χ1n) is 8.40. The molecule has 0 atom stereocenters. The number of fused-ring (bicyclic) bond motifs is 3. The van der Waals surface area contributed by atoms with Crippen molar-refractivity contribution in [1.29, 1.82) is 0 Å². The van der Waals surface area contributed by atoms with Crippen LogP contribution >= 0.6 is 11.3 Å². The second-order valence-corrected chi connectivity index (χ2v) is 7.08. The van der Waals surface area contributed by atoms with Crippen LogP contribution in [0.4, 0.5) is 0 Å². The zero-order chi connectivity index (χ0) is 18.1. The molecule has 26 heavy (non-hydrogen) atoms. The Morgan fingerprint density at radius 2 is 2.00 bits per heavy atom. The van der Waals surface area contributed by atoms with Gasteiger partial charge in [-0.15, -0.1) is 11.3 Å². The van der Waals surface area contributed by atoms with Crippen LogP contribution in [-0.2, 0) is 17.8 Å². The predicted molar refractivity (Wildman–Crippen MR) is 103 cm³/mol. The molecule has 3 heterocycles. The van der Waals surface area contributed by atoms with Crippen LogP contribution in [0.5, 0.6) is 0 Å². The van der Waals surface area contributed by atoms with Gasteiger partial charge in [0.15, 0.2) is 0 Å². The number of aryl methyl sites for hydroxylation is 1. The summed E-state index contributed by atoms with van der Waals surface area (Å²) in [4.78, 5) is 24.9. The molecule has 6 nitrogen and oxygen atoms in total. The molecule has 7 heteroatoms. The molecule has 0 radical (unpaired) electrons. The molecule has 0 bridgehead atoms. The van der Waals surface area contributed by atoms with E-state index in [0.717, 1.165) is 22.2 Å². The van der Waals surface area contributed by atoms with Gasteiger partial charge in [0.2, 0.25) is 5.91 Å². The van der Waals surface area contributed by atoms with Crippen LogP contribution in [0.15, 0.2) is 52.6 Å². The van der Waals surface area contributed by atoms with Crippen molar-refractivity contribution < 1.29 is 4.79 Å². The van der Waals surface area contributed by atoms with E-state index in [-0.39, 0.29) is 18.0 Å². The van der Waals surface area contributed by atoms with Crippen LogP contribution in [0.25, 0.3) is 15.7 Å². The fourth-order valence-electron chi connectivity index (χ4n) is 3.12. The number of nitrogens with zero attached hydrogens (tertiary/aromatic N) is 3. The smallest absolute Gasteiger partial charge is 0.291 e. The van der Waals surface area contributed by atoms with Gasteiger partial charge in [-0.3, -0.25) is 14.0 Å². The SMILES string of the molecule is Cc1nn(CC(=O)NCCc2ccccc2)c(=O)c2cc3sccc3n12. The van der Waals surface area contributed by atoms with Crippen molar-refractivity contribution in [2.45, 2.75) is 19.9 Å². The Labute approximate surface area is 153 Å². The Bertz CT molecular complexity index is 1140. The molecule has 0 saturated carbocycles. The Kier molecular flexibility index (Phi) is 4.30. The molecule has 1 N–H and O–H groups in total. The molecule has 0 aliphatic carbocycles. The minimum Gasteiger partial charge on any atom is -0.354 e. The molecule has 0 spiro atoms. The number of carbonyl (C=O) groups is 1. The van der Waals surface area contributed by atoms with Crippen molar-refractivity contribution >= 4 is 33.0 Å². The summed E-state index contributed by atoms with van der Waals surface area (Å²) in [5.74, 6) is 0.470. The van der Waals surface area contributed by atoms with Crippen LogP contribution in [0, 0.1) is 6.92 Å². The molecule has 0 saturated heterocycles. The van der Waals surface area contributed by atoms with E-state index in [1.165, 1.54) is 4.68 Å². The maximum Gasteiger partial charge on any atom is 0.291 e. The highest BCUT2D eigenvalue weighted by Gasteiger charge is 2.14. The van der Waals surface area contributed by atoms with Crippen molar-refractivity contribution in [3.8, 4) is 0 Å². The van der Waals surface area contributed by atoms with Crippen LogP contribution in [0.3, 0.4) is 0 Å². The molecule has 0 unspecified atom stereocenters. The van der Waals surface area contributed by atoms with Gasteiger partial charge in [0, 0.05) is 6.54 Å². The number of hydrogen-bond donors (Lipinski definition) is 1. The highest BCUT2D eigenvalue weighted by Crippen LogP contribution is 2.24. The average molecular weight is 366 g/mol. The molecule has 132 valence electrons. The molecule has 4 rings (SSSR count). The van der Waals surface area contributed by atoms with E-state index >= 15 is 0 Å². The summed E-state index contributed by atoms with van der Waals surface area (Å²) in [6.07, 6.45) is 0.752. The monoisotopic (exact) mass is 366 g/mol. The van der Waals surface area contributed by atoms with Gasteiger partial charge >= 0.3 is 0 Å². The van der Waals surface area contributed by atoms with Crippen LogP contribution in [-0.4, -0.2) is 26.6 Å². The van der Waals surface area contributed by atoms with Gasteiger partial charge in [-0.2, -0.15) is 5.10 Å². The number of carbonyl (C=O) groups excluding carboxylic acids is 1. The Hall–Kier alpha value is -2.93. The van der Waals surface area contributed by atoms with Crippen molar-refractivity contribution in [1.82, 2.24) is 19.5 Å². The summed E-state index contributed by atoms with van der Waals surface area (Å²) in [5, 5.41) is 9.16. The summed E-state index contributed by atoms with van der Waals surface area (Å²) in [6.45, 7) is 2.29. The van der Waals surface area contributed by atoms with E-state index in [1.54, 1.807) is 11.3 Å². The third-order valence-electron chi connectivity index (χ3n) is 4.34. The molecular formula is C19H18N4O2S. The second kappa shape index (κ2) is 6.76. The number of nitrogens with one attached hydrogen (secondary N) is 1. The van der Waals surface area contributed by atoms with E-state index in [1.807, 2.05) is 59.2 Å². The number of amides is 1. The standard InChI is InChI=1S/C19H18N4O2S/c1-13-21-22(12-18(24)20-9-7-14-5-3-2-4-6-14)19(25)16-11-17-15(23(13)16)8-10-26-17/h2-6,8,10-11H,7,9,12H2,1H3,(H,20,24). The maximum atomic E-state index is 12.7. The Balaban J connectivity index is 1.50. The number of hydrogen-bond acceptors (Lipinski definition) is 4. The quantitative estimate of drug-likeness (QED) is 0.590. The van der Waals surface area contributed by atoms with Crippen LogP contribution in [0.1, 0.15) is 11.4 Å². The molecule has 4 aromatic rings. The lowest BCUT2D eigenvalue weighted by Gasteiger charge is -2.09. The highest BCUT2D eigenvalue weighted by atomic mass is 32.1. The second-order valence-electron chi connectivity index (χ2n) is 6.13. The first kappa shape index (κ1) is 16.5. The minimum absolute atomic E-state index is 0.0796. The first-order valence-corrected chi connectivity index (χ1v) is 9.28. The predicted octanol–water partition coefficient (Wildman–Crippen LogP) is 2.38. The molecule has 0 aliphatic heterocycles. The zero-order valence-electron chi connectivity index (χ0n) is 14.3. The molecule has 3 aromatic heterocycles. The van der Waals surface area contributed by atoms with Gasteiger partial charge in [-0.1, -0.05) is 30.3 Å². The van der Waals surface area contributed by atoms with Crippen molar-refractivity contribution in [2.24, 2.45) is 0 Å². The lowest BCUT2D eigenvalue weighted by Crippen LogP contribution is -2.35. The third-order valence-corrected chi connectivity index (χ3v) is 5.19. The number of rotatable bonds is 5. The van der Waals surface area contributed by atoms with Gasteiger partial charge in [-0.25, -0.2) is 4.68 Å². The summed E-state index contributed by atoms with van der Waals surface area (Å²) in [5.41, 5.74) is 2.44. The summed E-state index contributed by atoms with van der Waals surface area (Å²) in [7, 11) is 0. The lowest BCUT2D eigenvalue weighted by atomic mass is 10.1. The highest BCUT2D eigenvalue weighted by molar-refractivity contribution is 7.17. The normalized spacial score (nSPS) is 11.3. The van der Waals surface area contributed by atoms with Gasteiger partial charge < -0.3 is 5.32 Å². The molecular weight excluding hydrogens is 348 g/mol. The topological polar surface area (TPSA) is 68.4 Å². The molecule has 1 amide bonds. The van der Waals surface area contributed by atoms with E-state index in [2.05, 4.69) is 10.4 Å². The number of benzene rings is 1. The fourth-order valence-corrected chi connectivity index (χ4v) is 3.92. The van der Waals surface area contributed by atoms with E-state index in [0.29, 0.717) is 17.9 Å². The van der Waals surface area contributed by atoms with E-state index in [9.17, 15) is 9.59 Å². The molecule has 0 aliphatic rings. The molecule has 1 aromatic carbocycles. The van der Waals surface area contributed by atoms with Crippen molar-refractivity contribution in [2.75, 3.05) is 6.54 Å². The van der Waals surface area contributed by atoms with Crippen LogP contribution < -0.4 is 10.9 Å². The summed E-state index contributed by atoms with van der Waals surface area (Å²) in [6, 6.07) is 13.8. The first-order chi connectivity index (χ1) is 12.6. The van der Waals surface area contributed by atoms with Gasteiger partial charge in [0.05, 0.1) is 10.2 Å². The summed E-state index contributed by atoms with van der Waals surface area (Å²) >= 11 is 1.58. The average Bonchev–Trinajstić information content (AvgIpc) is 3.21. The van der Waals surface area contributed by atoms with Crippen LogP contribution in [0.2, 0.25) is 0 Å². The lowest BCUT2D eigenvalue weighted by molar-refractivity contribution is -0.121. The molecule has 0 fully saturated rings. The summed E-state index contributed by atoms with van der Waals surface area (Å²) < 4.78 is 4.13. The van der Waals surface area contributed by atoms with E-state index < -0.39 is 0 Å². The Morgan fingerprint density at radius 3 is 2.81 bits per heavy atom. The number of aromatic nitrogens is 3. The Morgan fingerprint density at radius 1 is 1.19 bits per heavy atom. The van der Waals surface area contributed by atoms with Gasteiger partial charge in [-0.05, 0) is 36.4 Å². The zero-order valence-corrected chi connectivity index (χ0v) is 15.1.